The molecule has 3 aromatic rings. The van der Waals surface area contributed by atoms with E-state index in [0.717, 1.165) is 28.0 Å². The molecule has 25 heavy (non-hydrogen) atoms. The van der Waals surface area contributed by atoms with Crippen LogP contribution in [0.25, 0.3) is 11.0 Å². The van der Waals surface area contributed by atoms with Crippen molar-refractivity contribution in [1.82, 2.24) is 10.6 Å². The molecular formula is C20H22N2O3. The van der Waals surface area contributed by atoms with Gasteiger partial charge in [0.25, 0.3) is 0 Å². The van der Waals surface area contributed by atoms with Crippen LogP contribution in [0, 0.1) is 0 Å². The van der Waals surface area contributed by atoms with Crippen molar-refractivity contribution in [3.8, 4) is 5.75 Å². The number of nitrogens with one attached hydrogen (secondary N) is 2. The Labute approximate surface area is 147 Å². The molecule has 5 heteroatoms. The van der Waals surface area contributed by atoms with Gasteiger partial charge in [0.2, 0.25) is 0 Å². The fourth-order valence-corrected chi connectivity index (χ4v) is 2.82. The topological polar surface area (TPSA) is 63.5 Å². The number of furan rings is 1. The maximum Gasteiger partial charge on any atom is 0.315 e. The third-order valence-corrected chi connectivity index (χ3v) is 4.17. The molecule has 0 fully saturated rings. The zero-order chi connectivity index (χ0) is 17.8. The summed E-state index contributed by atoms with van der Waals surface area (Å²) in [5.74, 6) is 1.47. The van der Waals surface area contributed by atoms with E-state index in [1.807, 2.05) is 68.4 Å². The minimum atomic E-state index is -0.258. The van der Waals surface area contributed by atoms with Crippen molar-refractivity contribution < 1.29 is 13.9 Å². The summed E-state index contributed by atoms with van der Waals surface area (Å²) < 4.78 is 11.1. The molecule has 2 N–H and O–H groups in total. The standard InChI is InChI=1S/C20H22N2O3/c1-13(16-9-5-7-11-18(16)24-3)21-20(23)22-14(2)19-12-15-8-4-6-10-17(15)25-19/h4-14H,1-3H3,(H2,21,22,23)/t13-,14+/m1/s1. The van der Waals surface area contributed by atoms with Crippen molar-refractivity contribution in [2.75, 3.05) is 7.11 Å². The van der Waals surface area contributed by atoms with Gasteiger partial charge >= 0.3 is 6.03 Å². The van der Waals surface area contributed by atoms with Crippen molar-refractivity contribution in [3.05, 3.63) is 65.9 Å². The number of benzene rings is 2. The van der Waals surface area contributed by atoms with Crippen LogP contribution in [0.15, 0.2) is 59.0 Å². The Balaban J connectivity index is 1.65. The summed E-state index contributed by atoms with van der Waals surface area (Å²) in [4.78, 5) is 12.3. The van der Waals surface area contributed by atoms with E-state index >= 15 is 0 Å². The SMILES string of the molecule is COc1ccccc1[C@@H](C)NC(=O)N[C@@H](C)c1cc2ccccc2o1. The van der Waals surface area contributed by atoms with Crippen LogP contribution in [-0.4, -0.2) is 13.1 Å². The highest BCUT2D eigenvalue weighted by molar-refractivity contribution is 5.78. The molecule has 0 unspecified atom stereocenters. The zero-order valence-electron chi connectivity index (χ0n) is 14.6. The molecule has 2 atom stereocenters. The van der Waals surface area contributed by atoms with Crippen LogP contribution < -0.4 is 15.4 Å². The Morgan fingerprint density at radius 1 is 1.00 bits per heavy atom. The Hall–Kier alpha value is -2.95. The van der Waals surface area contributed by atoms with Crippen LogP contribution in [-0.2, 0) is 0 Å². The number of urea groups is 1. The number of methoxy groups -OCH3 is 1. The van der Waals surface area contributed by atoms with Gasteiger partial charge in [-0.1, -0.05) is 36.4 Å². The van der Waals surface area contributed by atoms with Crippen LogP contribution in [0.2, 0.25) is 0 Å². The number of rotatable bonds is 5. The lowest BCUT2D eigenvalue weighted by atomic mass is 10.1. The Kier molecular flexibility index (Phi) is 4.93. The molecule has 0 bridgehead atoms. The molecule has 5 nitrogen and oxygen atoms in total. The van der Waals surface area contributed by atoms with Crippen LogP contribution in [0.1, 0.15) is 37.3 Å². The molecule has 1 heterocycles. The minimum Gasteiger partial charge on any atom is -0.496 e. The van der Waals surface area contributed by atoms with Crippen LogP contribution in [0.5, 0.6) is 5.75 Å². The van der Waals surface area contributed by atoms with E-state index in [4.69, 9.17) is 9.15 Å². The summed E-state index contributed by atoms with van der Waals surface area (Å²) in [6.07, 6.45) is 0. The lowest BCUT2D eigenvalue weighted by molar-refractivity contribution is 0.233. The number of carbonyl (C=O) groups excluding carboxylic acids is 1. The maximum atomic E-state index is 12.3. The van der Waals surface area contributed by atoms with E-state index < -0.39 is 0 Å². The Morgan fingerprint density at radius 3 is 2.44 bits per heavy atom. The summed E-state index contributed by atoms with van der Waals surface area (Å²) in [6, 6.07) is 16.7. The van der Waals surface area contributed by atoms with Crippen molar-refractivity contribution >= 4 is 17.0 Å². The van der Waals surface area contributed by atoms with E-state index in [9.17, 15) is 4.79 Å². The van der Waals surface area contributed by atoms with Gasteiger partial charge in [0.1, 0.15) is 17.1 Å². The van der Waals surface area contributed by atoms with Crippen LogP contribution >= 0.6 is 0 Å². The predicted molar refractivity (Wildman–Crippen MR) is 97.7 cm³/mol. The predicted octanol–water partition coefficient (Wildman–Crippen LogP) is 4.56. The first-order valence-electron chi connectivity index (χ1n) is 8.27. The van der Waals surface area contributed by atoms with Crippen LogP contribution in [0.4, 0.5) is 4.79 Å². The first-order chi connectivity index (χ1) is 12.1. The van der Waals surface area contributed by atoms with Gasteiger partial charge < -0.3 is 19.8 Å². The van der Waals surface area contributed by atoms with Crippen LogP contribution in [0.3, 0.4) is 0 Å². The molecular weight excluding hydrogens is 316 g/mol. The lowest BCUT2D eigenvalue weighted by Gasteiger charge is -2.19. The summed E-state index contributed by atoms with van der Waals surface area (Å²) in [5.41, 5.74) is 1.74. The molecule has 0 aliphatic heterocycles. The van der Waals surface area contributed by atoms with Crippen molar-refractivity contribution in [3.63, 3.8) is 0 Å². The number of carbonyl (C=O) groups is 1. The normalized spacial score (nSPS) is 13.2. The quantitative estimate of drug-likeness (QED) is 0.716. The Bertz CT molecular complexity index is 839. The highest BCUT2D eigenvalue weighted by atomic mass is 16.5. The van der Waals surface area contributed by atoms with E-state index in [2.05, 4.69) is 10.6 Å². The molecule has 0 saturated carbocycles. The average molecular weight is 338 g/mol. The van der Waals surface area contributed by atoms with Gasteiger partial charge in [0, 0.05) is 10.9 Å². The van der Waals surface area contributed by atoms with Gasteiger partial charge in [0.05, 0.1) is 19.2 Å². The zero-order valence-corrected chi connectivity index (χ0v) is 14.6. The number of fused-ring (bicyclic) bond motifs is 1. The smallest absolute Gasteiger partial charge is 0.315 e. The molecule has 3 rings (SSSR count). The first kappa shape index (κ1) is 16.9. The maximum absolute atomic E-state index is 12.3. The first-order valence-corrected chi connectivity index (χ1v) is 8.27. The summed E-state index contributed by atoms with van der Waals surface area (Å²) in [7, 11) is 1.62. The van der Waals surface area contributed by atoms with Gasteiger partial charge in [-0.05, 0) is 32.0 Å². The van der Waals surface area contributed by atoms with Gasteiger partial charge in [-0.3, -0.25) is 0 Å². The van der Waals surface area contributed by atoms with Gasteiger partial charge in [-0.25, -0.2) is 4.79 Å². The molecule has 130 valence electrons. The minimum absolute atomic E-state index is 0.181. The van der Waals surface area contributed by atoms with Gasteiger partial charge in [-0.15, -0.1) is 0 Å². The third kappa shape index (κ3) is 3.76. The van der Waals surface area contributed by atoms with Crippen molar-refractivity contribution in [2.45, 2.75) is 25.9 Å². The van der Waals surface area contributed by atoms with E-state index in [1.165, 1.54) is 0 Å². The monoisotopic (exact) mass is 338 g/mol. The highest BCUT2D eigenvalue weighted by Gasteiger charge is 2.17. The molecule has 1 aromatic heterocycles. The molecule has 0 aliphatic rings. The van der Waals surface area contributed by atoms with E-state index in [1.54, 1.807) is 7.11 Å². The second kappa shape index (κ2) is 7.30. The number of hydrogen-bond donors (Lipinski definition) is 2. The van der Waals surface area contributed by atoms with Gasteiger partial charge in [0.15, 0.2) is 0 Å². The summed E-state index contributed by atoms with van der Waals surface area (Å²) in [6.45, 7) is 3.81. The number of amides is 2. The molecule has 0 radical (unpaired) electrons. The highest BCUT2D eigenvalue weighted by Crippen LogP contribution is 2.25. The summed E-state index contributed by atoms with van der Waals surface area (Å²) in [5, 5.41) is 6.87. The van der Waals surface area contributed by atoms with Gasteiger partial charge in [-0.2, -0.15) is 0 Å². The number of hydrogen-bond acceptors (Lipinski definition) is 3. The lowest BCUT2D eigenvalue weighted by Crippen LogP contribution is -2.38. The second-order valence-corrected chi connectivity index (χ2v) is 5.99. The average Bonchev–Trinajstić information content (AvgIpc) is 3.05. The van der Waals surface area contributed by atoms with E-state index in [0.29, 0.717) is 0 Å². The largest absolute Gasteiger partial charge is 0.496 e. The molecule has 0 spiro atoms. The molecule has 2 aromatic carbocycles. The van der Waals surface area contributed by atoms with Crippen molar-refractivity contribution in [2.24, 2.45) is 0 Å². The third-order valence-electron chi connectivity index (χ3n) is 4.17. The molecule has 0 aliphatic carbocycles. The molecule has 2 amide bonds. The van der Waals surface area contributed by atoms with E-state index in [-0.39, 0.29) is 18.1 Å². The number of para-hydroxylation sites is 2. The molecule has 0 saturated heterocycles. The Morgan fingerprint density at radius 2 is 1.68 bits per heavy atom. The fourth-order valence-electron chi connectivity index (χ4n) is 2.82. The summed E-state index contributed by atoms with van der Waals surface area (Å²) >= 11 is 0. The van der Waals surface area contributed by atoms with Crippen molar-refractivity contribution in [1.29, 1.82) is 0 Å². The number of ether oxygens (including phenoxy) is 1. The fraction of sp³-hybridized carbons (Fsp3) is 0.250. The second-order valence-electron chi connectivity index (χ2n) is 5.99.